The molecule has 3 aliphatic rings. The molecule has 2 N–H and O–H groups in total. The number of anilines is 1. The van der Waals surface area contributed by atoms with Gasteiger partial charge in [0, 0.05) is 23.1 Å². The number of quaternary nitrogens is 1. The van der Waals surface area contributed by atoms with E-state index in [1.165, 1.54) is 43.3 Å². The molecule has 0 aromatic heterocycles. The Morgan fingerprint density at radius 3 is 2.27 bits per heavy atom. The molecule has 3 aromatic carbocycles. The quantitative estimate of drug-likeness (QED) is 0.430. The average molecular weight is 567 g/mol. The number of nitrogens with zero attached hydrogens (tertiary/aromatic N) is 1. The first kappa shape index (κ1) is 26.7. The van der Waals surface area contributed by atoms with Gasteiger partial charge in [0.25, 0.3) is 5.91 Å². The lowest BCUT2D eigenvalue weighted by molar-refractivity contribution is -0.126. The van der Waals surface area contributed by atoms with Crippen molar-refractivity contribution in [3.05, 3.63) is 89.5 Å². The van der Waals surface area contributed by atoms with Gasteiger partial charge in [-0.2, -0.15) is 8.42 Å². The number of para-hydroxylation sites is 1. The van der Waals surface area contributed by atoms with Gasteiger partial charge in [-0.25, -0.2) is 13.6 Å². The highest BCUT2D eigenvalue weighted by atomic mass is 32.2. The number of carbonyl (C=O) groups is 2. The molecule has 2 fully saturated rings. The van der Waals surface area contributed by atoms with Gasteiger partial charge in [-0.1, -0.05) is 12.1 Å². The van der Waals surface area contributed by atoms with Crippen molar-refractivity contribution < 1.29 is 26.8 Å². The second-order valence-electron chi connectivity index (χ2n) is 11.0. The summed E-state index contributed by atoms with van der Waals surface area (Å²) in [6.45, 7) is 2.56. The maximum atomic E-state index is 14.6. The Bertz CT molecular complexity index is 1620. The van der Waals surface area contributed by atoms with Crippen molar-refractivity contribution in [3.8, 4) is 0 Å². The van der Waals surface area contributed by atoms with E-state index in [4.69, 9.17) is 0 Å². The third-order valence-corrected chi connectivity index (χ3v) is 11.1. The molecule has 2 atom stereocenters. The fourth-order valence-electron chi connectivity index (χ4n) is 6.96. The molecule has 2 aliphatic heterocycles. The van der Waals surface area contributed by atoms with Crippen molar-refractivity contribution >= 4 is 33.2 Å². The first-order valence-electron chi connectivity index (χ1n) is 13.5. The summed E-state index contributed by atoms with van der Waals surface area (Å²) in [5, 5.41) is 5.96. The number of hydrogen-bond acceptors (Lipinski definition) is 5. The number of fused-ring (bicyclic) bond motifs is 2. The van der Waals surface area contributed by atoms with Crippen LogP contribution >= 0.6 is 0 Å². The van der Waals surface area contributed by atoms with Gasteiger partial charge in [-0.3, -0.25) is 4.79 Å². The van der Waals surface area contributed by atoms with Crippen molar-refractivity contribution in [2.24, 2.45) is 5.92 Å². The lowest BCUT2D eigenvalue weighted by Gasteiger charge is -2.43. The number of benzene rings is 3. The SMILES string of the molecule is CC(=O)[N+]1(S(=O)(=O)c2ccc(F)cc2)c2ccc(C(=O)Nc3ccccc3F)cc2C2(CCNCC2)C1C1CC1. The van der Waals surface area contributed by atoms with Gasteiger partial charge in [0.1, 0.15) is 22.6 Å². The third kappa shape index (κ3) is 3.84. The van der Waals surface area contributed by atoms with E-state index in [0.29, 0.717) is 37.2 Å². The Morgan fingerprint density at radius 1 is 0.975 bits per heavy atom. The highest BCUT2D eigenvalue weighted by molar-refractivity contribution is 7.91. The van der Waals surface area contributed by atoms with E-state index in [-0.39, 0.29) is 22.1 Å². The Hall–Kier alpha value is -3.47. The van der Waals surface area contributed by atoms with Crippen molar-refractivity contribution in [1.82, 2.24) is 9.21 Å². The van der Waals surface area contributed by atoms with Gasteiger partial charge in [-0.15, -0.1) is 3.89 Å². The molecule has 6 rings (SSSR count). The van der Waals surface area contributed by atoms with Crippen LogP contribution in [0, 0.1) is 17.6 Å². The van der Waals surface area contributed by atoms with Crippen LogP contribution in [0.15, 0.2) is 71.6 Å². The number of rotatable bonds is 5. The molecule has 10 heteroatoms. The van der Waals surface area contributed by atoms with Crippen LogP contribution in [0.4, 0.5) is 20.2 Å². The molecular formula is C30H30F2N3O4S+. The van der Waals surface area contributed by atoms with Gasteiger partial charge in [-0.05, 0) is 87.3 Å². The highest BCUT2D eigenvalue weighted by Crippen LogP contribution is 2.62. The van der Waals surface area contributed by atoms with Gasteiger partial charge in [0.2, 0.25) is 0 Å². The van der Waals surface area contributed by atoms with Crippen LogP contribution in [0.2, 0.25) is 0 Å². The molecule has 2 unspecified atom stereocenters. The fraction of sp³-hybridized carbons (Fsp3) is 0.333. The standard InChI is InChI=1S/C30H29F2N3O4S/c1-19(36)35(40(38,39)23-11-9-22(31)10-12-23)27-13-8-21(29(37)34-26-5-3-2-4-25(26)32)18-24(27)30(14-16-33-17-15-30)28(35)20-6-7-20/h2-5,8-13,18,20,28,33H,6-7,14-17H2,1H3/p+1. The molecule has 2 amide bonds. The zero-order valence-corrected chi connectivity index (χ0v) is 22.8. The summed E-state index contributed by atoms with van der Waals surface area (Å²) in [7, 11) is -4.40. The lowest BCUT2D eigenvalue weighted by atomic mass is 9.68. The van der Waals surface area contributed by atoms with E-state index in [0.717, 1.165) is 25.0 Å². The van der Waals surface area contributed by atoms with Crippen LogP contribution in [0.25, 0.3) is 0 Å². The maximum absolute atomic E-state index is 14.6. The summed E-state index contributed by atoms with van der Waals surface area (Å²) in [4.78, 5) is 27.0. The van der Waals surface area contributed by atoms with Crippen molar-refractivity contribution in [2.45, 2.75) is 49.0 Å². The maximum Gasteiger partial charge on any atom is 0.339 e. The van der Waals surface area contributed by atoms with E-state index in [9.17, 15) is 26.8 Å². The Labute approximate surface area is 231 Å². The number of hydrogen-bond donors (Lipinski definition) is 2. The van der Waals surface area contributed by atoms with Crippen molar-refractivity contribution in [3.63, 3.8) is 0 Å². The Morgan fingerprint density at radius 2 is 1.65 bits per heavy atom. The predicted molar refractivity (Wildman–Crippen MR) is 147 cm³/mol. The molecule has 7 nitrogen and oxygen atoms in total. The van der Waals surface area contributed by atoms with Crippen LogP contribution in [0.1, 0.15) is 48.5 Å². The average Bonchev–Trinajstić information content (AvgIpc) is 3.74. The zero-order valence-electron chi connectivity index (χ0n) is 22.0. The number of sulfonamides is 1. The van der Waals surface area contributed by atoms with E-state index in [1.807, 2.05) is 0 Å². The summed E-state index contributed by atoms with van der Waals surface area (Å²) >= 11 is 0. The molecule has 0 radical (unpaired) electrons. The molecule has 208 valence electrons. The largest absolute Gasteiger partial charge is 0.339 e. The van der Waals surface area contributed by atoms with Crippen molar-refractivity contribution in [2.75, 3.05) is 18.4 Å². The summed E-state index contributed by atoms with van der Waals surface area (Å²) in [6.07, 6.45) is 2.76. The summed E-state index contributed by atoms with van der Waals surface area (Å²) in [5.74, 6) is -2.23. The molecule has 1 spiro atoms. The molecule has 1 saturated heterocycles. The molecule has 2 heterocycles. The monoisotopic (exact) mass is 566 g/mol. The second-order valence-corrected chi connectivity index (χ2v) is 13.0. The first-order chi connectivity index (χ1) is 19.1. The van der Waals surface area contributed by atoms with Crippen LogP contribution in [-0.2, 0) is 20.2 Å². The molecule has 3 aromatic rings. The van der Waals surface area contributed by atoms with E-state index in [2.05, 4.69) is 10.6 Å². The molecule has 1 aliphatic carbocycles. The number of amides is 2. The summed E-state index contributed by atoms with van der Waals surface area (Å²) in [6, 6.07) is 14.6. The van der Waals surface area contributed by atoms with Crippen molar-refractivity contribution in [1.29, 1.82) is 0 Å². The molecular weight excluding hydrogens is 536 g/mol. The predicted octanol–water partition coefficient (Wildman–Crippen LogP) is 4.87. The number of halogens is 2. The first-order valence-corrected chi connectivity index (χ1v) is 14.9. The minimum Gasteiger partial charge on any atom is -0.319 e. The van der Waals surface area contributed by atoms with Gasteiger partial charge in [0.15, 0.2) is 5.69 Å². The van der Waals surface area contributed by atoms with Crippen LogP contribution in [0.5, 0.6) is 0 Å². The van der Waals surface area contributed by atoms with E-state index in [1.54, 1.807) is 18.2 Å². The Balaban J connectivity index is 1.57. The summed E-state index contributed by atoms with van der Waals surface area (Å²) in [5.41, 5.74) is 0.589. The van der Waals surface area contributed by atoms with Gasteiger partial charge in [0.05, 0.1) is 18.0 Å². The van der Waals surface area contributed by atoms with E-state index < -0.39 is 48.8 Å². The minimum atomic E-state index is -4.40. The van der Waals surface area contributed by atoms with Crippen LogP contribution < -0.4 is 14.5 Å². The van der Waals surface area contributed by atoms with Gasteiger partial charge >= 0.3 is 15.9 Å². The highest BCUT2D eigenvalue weighted by Gasteiger charge is 2.73. The minimum absolute atomic E-state index is 0.0136. The number of piperidine rings is 1. The van der Waals surface area contributed by atoms with Gasteiger partial charge < -0.3 is 10.6 Å². The number of nitrogens with one attached hydrogen (secondary N) is 2. The van der Waals surface area contributed by atoms with Crippen LogP contribution in [-0.4, -0.2) is 39.4 Å². The lowest BCUT2D eigenvalue weighted by Crippen LogP contribution is -2.67. The molecule has 1 saturated carbocycles. The van der Waals surface area contributed by atoms with E-state index >= 15 is 0 Å². The zero-order chi connectivity index (χ0) is 28.3. The molecule has 0 bridgehead atoms. The normalized spacial score (nSPS) is 23.5. The topological polar surface area (TPSA) is 92.3 Å². The fourth-order valence-corrected chi connectivity index (χ4v) is 9.21. The second kappa shape index (κ2) is 9.57. The smallest absolute Gasteiger partial charge is 0.319 e. The third-order valence-electron chi connectivity index (χ3n) is 8.76. The van der Waals surface area contributed by atoms with Crippen LogP contribution in [0.3, 0.4) is 0 Å². The summed E-state index contributed by atoms with van der Waals surface area (Å²) < 4.78 is 56.5. The Kier molecular flexibility index (Phi) is 6.40. The molecule has 40 heavy (non-hydrogen) atoms. The number of carbonyl (C=O) groups excluding carboxylic acids is 2.